The minimum absolute atomic E-state index is 0.227. The molecule has 0 aromatic rings. The molecule has 2 nitrogen and oxygen atoms in total. The molecule has 0 aromatic heterocycles. The van der Waals surface area contributed by atoms with Gasteiger partial charge in [0.05, 0.1) is 0 Å². The van der Waals surface area contributed by atoms with E-state index in [1.54, 1.807) is 0 Å². The molecule has 0 radical (unpaired) electrons. The predicted octanol–water partition coefficient (Wildman–Crippen LogP) is 2.86. The number of carbonyl (C=O) groups is 1. The summed E-state index contributed by atoms with van der Waals surface area (Å²) in [4.78, 5) is 12.0. The third-order valence-electron chi connectivity index (χ3n) is 2.82. The SMILES string of the molecule is CCCCC(=O)NCC1CCC(Br)C1. The highest BCUT2D eigenvalue weighted by Gasteiger charge is 2.22. The van der Waals surface area contributed by atoms with Gasteiger partial charge in [-0.05, 0) is 31.6 Å². The van der Waals surface area contributed by atoms with Crippen molar-refractivity contribution in [3.63, 3.8) is 0 Å². The minimum atomic E-state index is 0.227. The van der Waals surface area contributed by atoms with E-state index in [0.717, 1.165) is 19.4 Å². The Labute approximate surface area is 95.0 Å². The quantitative estimate of drug-likeness (QED) is 0.758. The van der Waals surface area contributed by atoms with Crippen molar-refractivity contribution in [2.24, 2.45) is 5.92 Å². The second kappa shape index (κ2) is 6.44. The first kappa shape index (κ1) is 12.0. The van der Waals surface area contributed by atoms with E-state index in [2.05, 4.69) is 28.2 Å². The highest BCUT2D eigenvalue weighted by molar-refractivity contribution is 9.09. The van der Waals surface area contributed by atoms with Gasteiger partial charge in [-0.25, -0.2) is 0 Å². The third kappa shape index (κ3) is 4.45. The molecule has 0 saturated heterocycles. The van der Waals surface area contributed by atoms with Gasteiger partial charge in [-0.3, -0.25) is 4.79 Å². The number of alkyl halides is 1. The van der Waals surface area contributed by atoms with Gasteiger partial charge >= 0.3 is 0 Å². The topological polar surface area (TPSA) is 29.1 Å². The fourth-order valence-electron chi connectivity index (χ4n) is 1.88. The van der Waals surface area contributed by atoms with E-state index in [-0.39, 0.29) is 5.91 Å². The van der Waals surface area contributed by atoms with E-state index in [1.807, 2.05) is 0 Å². The summed E-state index contributed by atoms with van der Waals surface area (Å²) < 4.78 is 0. The Kier molecular flexibility index (Phi) is 5.53. The van der Waals surface area contributed by atoms with Crippen LogP contribution in [0.3, 0.4) is 0 Å². The molecule has 2 atom stereocenters. The first-order valence-electron chi connectivity index (χ1n) is 5.63. The van der Waals surface area contributed by atoms with Crippen molar-refractivity contribution in [2.45, 2.75) is 50.3 Å². The second-order valence-corrected chi connectivity index (χ2v) is 5.48. The Morgan fingerprint density at radius 2 is 2.29 bits per heavy atom. The maximum atomic E-state index is 11.3. The summed E-state index contributed by atoms with van der Waals surface area (Å²) in [6.07, 6.45) is 6.53. The van der Waals surface area contributed by atoms with Crippen LogP contribution in [0.15, 0.2) is 0 Å². The minimum Gasteiger partial charge on any atom is -0.356 e. The molecule has 0 aromatic carbocycles. The van der Waals surface area contributed by atoms with Crippen LogP contribution in [0.25, 0.3) is 0 Å². The fraction of sp³-hybridized carbons (Fsp3) is 0.909. The molecule has 3 heteroatoms. The number of amides is 1. The monoisotopic (exact) mass is 261 g/mol. The lowest BCUT2D eigenvalue weighted by Crippen LogP contribution is -2.28. The molecule has 0 spiro atoms. The lowest BCUT2D eigenvalue weighted by molar-refractivity contribution is -0.121. The van der Waals surface area contributed by atoms with Gasteiger partial charge in [-0.1, -0.05) is 29.3 Å². The summed E-state index contributed by atoms with van der Waals surface area (Å²) in [5, 5.41) is 3.02. The highest BCUT2D eigenvalue weighted by Crippen LogP contribution is 2.29. The molecule has 1 N–H and O–H groups in total. The summed E-state index contributed by atoms with van der Waals surface area (Å²) >= 11 is 3.61. The molecule has 1 aliphatic rings. The molecule has 1 fully saturated rings. The highest BCUT2D eigenvalue weighted by atomic mass is 79.9. The average molecular weight is 262 g/mol. The lowest BCUT2D eigenvalue weighted by Gasteiger charge is -2.10. The molecule has 0 heterocycles. The van der Waals surface area contributed by atoms with Crippen LogP contribution in [-0.4, -0.2) is 17.3 Å². The zero-order chi connectivity index (χ0) is 10.4. The molecule has 1 amide bonds. The van der Waals surface area contributed by atoms with Crippen molar-refractivity contribution in [1.29, 1.82) is 0 Å². The van der Waals surface area contributed by atoms with Crippen molar-refractivity contribution in [2.75, 3.05) is 6.54 Å². The molecule has 82 valence electrons. The van der Waals surface area contributed by atoms with Crippen molar-refractivity contribution < 1.29 is 4.79 Å². The van der Waals surface area contributed by atoms with Crippen molar-refractivity contribution in [1.82, 2.24) is 5.32 Å². The zero-order valence-electron chi connectivity index (χ0n) is 8.89. The van der Waals surface area contributed by atoms with E-state index in [9.17, 15) is 4.79 Å². The maximum Gasteiger partial charge on any atom is 0.220 e. The average Bonchev–Trinajstić information content (AvgIpc) is 2.58. The van der Waals surface area contributed by atoms with E-state index in [1.165, 1.54) is 19.3 Å². The van der Waals surface area contributed by atoms with Crippen LogP contribution in [0.4, 0.5) is 0 Å². The van der Waals surface area contributed by atoms with Gasteiger partial charge in [0.2, 0.25) is 5.91 Å². The van der Waals surface area contributed by atoms with Crippen LogP contribution in [0.2, 0.25) is 0 Å². The predicted molar refractivity (Wildman–Crippen MR) is 62.6 cm³/mol. The van der Waals surface area contributed by atoms with Crippen molar-refractivity contribution in [3.8, 4) is 0 Å². The molecule has 14 heavy (non-hydrogen) atoms. The van der Waals surface area contributed by atoms with Crippen LogP contribution >= 0.6 is 15.9 Å². The summed E-state index contributed by atoms with van der Waals surface area (Å²) in [5.74, 6) is 0.926. The van der Waals surface area contributed by atoms with Crippen LogP contribution in [-0.2, 0) is 4.79 Å². The Hall–Kier alpha value is -0.0500. The molecule has 1 saturated carbocycles. The van der Waals surface area contributed by atoms with E-state index < -0.39 is 0 Å². The largest absolute Gasteiger partial charge is 0.356 e. The molecule has 1 rings (SSSR count). The Morgan fingerprint density at radius 1 is 1.50 bits per heavy atom. The van der Waals surface area contributed by atoms with Crippen LogP contribution in [0.1, 0.15) is 45.4 Å². The maximum absolute atomic E-state index is 11.3. The second-order valence-electron chi connectivity index (χ2n) is 4.18. The zero-order valence-corrected chi connectivity index (χ0v) is 10.5. The smallest absolute Gasteiger partial charge is 0.220 e. The Bertz CT molecular complexity index is 184. The molecular formula is C11H20BrNO. The van der Waals surface area contributed by atoms with Crippen molar-refractivity contribution >= 4 is 21.8 Å². The molecular weight excluding hydrogens is 242 g/mol. The number of halogens is 1. The van der Waals surface area contributed by atoms with E-state index >= 15 is 0 Å². The number of hydrogen-bond donors (Lipinski definition) is 1. The van der Waals surface area contributed by atoms with Gasteiger partial charge in [0, 0.05) is 17.8 Å². The number of unbranched alkanes of at least 4 members (excludes halogenated alkanes) is 1. The number of rotatable bonds is 5. The first-order valence-corrected chi connectivity index (χ1v) is 6.54. The van der Waals surface area contributed by atoms with Gasteiger partial charge in [-0.2, -0.15) is 0 Å². The molecule has 1 aliphatic carbocycles. The summed E-state index contributed by atoms with van der Waals surface area (Å²) in [6.45, 7) is 2.99. The number of hydrogen-bond acceptors (Lipinski definition) is 1. The third-order valence-corrected chi connectivity index (χ3v) is 3.65. The standard InChI is InChI=1S/C11H20BrNO/c1-2-3-4-11(14)13-8-9-5-6-10(12)7-9/h9-10H,2-8H2,1H3,(H,13,14). The Morgan fingerprint density at radius 3 is 2.86 bits per heavy atom. The number of carbonyl (C=O) groups excluding carboxylic acids is 1. The molecule has 0 bridgehead atoms. The number of nitrogens with one attached hydrogen (secondary N) is 1. The van der Waals surface area contributed by atoms with Crippen LogP contribution < -0.4 is 5.32 Å². The van der Waals surface area contributed by atoms with Gasteiger partial charge in [0.15, 0.2) is 0 Å². The summed E-state index contributed by atoms with van der Waals surface area (Å²) in [6, 6.07) is 0. The van der Waals surface area contributed by atoms with Crippen LogP contribution in [0, 0.1) is 5.92 Å². The lowest BCUT2D eigenvalue weighted by atomic mass is 10.1. The van der Waals surface area contributed by atoms with Gasteiger partial charge in [0.25, 0.3) is 0 Å². The van der Waals surface area contributed by atoms with Gasteiger partial charge < -0.3 is 5.32 Å². The molecule has 2 unspecified atom stereocenters. The van der Waals surface area contributed by atoms with Crippen molar-refractivity contribution in [3.05, 3.63) is 0 Å². The van der Waals surface area contributed by atoms with E-state index in [0.29, 0.717) is 17.2 Å². The van der Waals surface area contributed by atoms with Gasteiger partial charge in [0.1, 0.15) is 0 Å². The first-order chi connectivity index (χ1) is 6.72. The summed E-state index contributed by atoms with van der Waals surface area (Å²) in [7, 11) is 0. The van der Waals surface area contributed by atoms with Gasteiger partial charge in [-0.15, -0.1) is 0 Å². The molecule has 0 aliphatic heterocycles. The fourth-order valence-corrected chi connectivity index (χ4v) is 2.68. The normalized spacial score (nSPS) is 26.4. The Balaban J connectivity index is 2.05. The van der Waals surface area contributed by atoms with E-state index in [4.69, 9.17) is 0 Å². The summed E-state index contributed by atoms with van der Waals surface area (Å²) in [5.41, 5.74) is 0. The van der Waals surface area contributed by atoms with Crippen LogP contribution in [0.5, 0.6) is 0 Å².